The van der Waals surface area contributed by atoms with Gasteiger partial charge in [-0.2, -0.15) is 4.98 Å². The van der Waals surface area contributed by atoms with E-state index in [4.69, 9.17) is 27.7 Å². The van der Waals surface area contributed by atoms with E-state index < -0.39 is 0 Å². The molecule has 6 nitrogen and oxygen atoms in total. The van der Waals surface area contributed by atoms with Crippen molar-refractivity contribution in [2.45, 2.75) is 19.4 Å². The predicted molar refractivity (Wildman–Crippen MR) is 96.4 cm³/mol. The van der Waals surface area contributed by atoms with Crippen molar-refractivity contribution in [2.24, 2.45) is 5.92 Å². The number of amides is 1. The highest BCUT2D eigenvalue weighted by molar-refractivity contribution is 6.36. The summed E-state index contributed by atoms with van der Waals surface area (Å²) in [6.07, 6.45) is 1.70. The number of carbonyl (C=O) groups is 1. The zero-order valence-electron chi connectivity index (χ0n) is 14.2. The Hall–Kier alpha value is -1.63. The fraction of sp³-hybridized carbons (Fsp3) is 0.471. The average molecular weight is 383 g/mol. The van der Waals surface area contributed by atoms with Crippen molar-refractivity contribution in [3.63, 3.8) is 0 Å². The van der Waals surface area contributed by atoms with Gasteiger partial charge in [0.25, 0.3) is 0 Å². The lowest BCUT2D eigenvalue weighted by Crippen LogP contribution is -2.39. The number of piperidine rings is 1. The molecular weight excluding hydrogens is 363 g/mol. The van der Waals surface area contributed by atoms with E-state index in [9.17, 15) is 4.79 Å². The molecule has 0 saturated carbocycles. The number of halogens is 2. The van der Waals surface area contributed by atoms with Crippen LogP contribution < -0.4 is 0 Å². The summed E-state index contributed by atoms with van der Waals surface area (Å²) in [5.41, 5.74) is 0.691. The van der Waals surface area contributed by atoms with E-state index in [1.165, 1.54) is 0 Å². The van der Waals surface area contributed by atoms with E-state index in [0.29, 0.717) is 33.9 Å². The highest BCUT2D eigenvalue weighted by Crippen LogP contribution is 2.28. The molecular formula is C17H20Cl2N4O2. The standard InChI is InChI=1S/C17H20Cl2N4O2/c1-22(2)17(24)11-5-7-23(8-6-11)10-15-20-16(21-25-15)13-4-3-12(18)9-14(13)19/h3-4,9,11H,5-8,10H2,1-2H3. The molecule has 2 aromatic rings. The van der Waals surface area contributed by atoms with Crippen molar-refractivity contribution in [2.75, 3.05) is 27.2 Å². The second-order valence-electron chi connectivity index (χ2n) is 6.42. The van der Waals surface area contributed by atoms with Crippen LogP contribution in [0.1, 0.15) is 18.7 Å². The summed E-state index contributed by atoms with van der Waals surface area (Å²) in [5.74, 6) is 1.31. The molecule has 1 aliphatic heterocycles. The molecule has 1 fully saturated rings. The van der Waals surface area contributed by atoms with Crippen LogP contribution in [0, 0.1) is 5.92 Å². The van der Waals surface area contributed by atoms with E-state index in [0.717, 1.165) is 25.9 Å². The first-order valence-corrected chi connectivity index (χ1v) is 8.91. The Bertz CT molecular complexity index is 755. The second kappa shape index (κ2) is 7.72. The number of nitrogens with zero attached hydrogens (tertiary/aromatic N) is 4. The Morgan fingerprint density at radius 1 is 1.32 bits per heavy atom. The molecule has 8 heteroatoms. The van der Waals surface area contributed by atoms with Crippen LogP contribution in [0.5, 0.6) is 0 Å². The molecule has 0 atom stereocenters. The van der Waals surface area contributed by atoms with Gasteiger partial charge in [-0.3, -0.25) is 9.69 Å². The van der Waals surface area contributed by atoms with Gasteiger partial charge in [0.15, 0.2) is 0 Å². The Kier molecular flexibility index (Phi) is 5.61. The van der Waals surface area contributed by atoms with Gasteiger partial charge in [-0.1, -0.05) is 28.4 Å². The molecule has 0 N–H and O–H groups in total. The lowest BCUT2D eigenvalue weighted by molar-refractivity contribution is -0.134. The van der Waals surface area contributed by atoms with Gasteiger partial charge >= 0.3 is 0 Å². The minimum atomic E-state index is 0.109. The van der Waals surface area contributed by atoms with E-state index >= 15 is 0 Å². The van der Waals surface area contributed by atoms with E-state index in [1.807, 2.05) is 0 Å². The van der Waals surface area contributed by atoms with Crippen LogP contribution >= 0.6 is 23.2 Å². The number of hydrogen-bond donors (Lipinski definition) is 0. The molecule has 1 amide bonds. The van der Waals surface area contributed by atoms with E-state index in [1.54, 1.807) is 37.2 Å². The quantitative estimate of drug-likeness (QED) is 0.811. The minimum absolute atomic E-state index is 0.109. The van der Waals surface area contributed by atoms with Gasteiger partial charge in [0.2, 0.25) is 17.6 Å². The topological polar surface area (TPSA) is 62.5 Å². The number of benzene rings is 1. The molecule has 25 heavy (non-hydrogen) atoms. The summed E-state index contributed by atoms with van der Waals surface area (Å²) in [5, 5.41) is 5.06. The monoisotopic (exact) mass is 382 g/mol. The van der Waals surface area contributed by atoms with Crippen LogP contribution in [0.2, 0.25) is 10.0 Å². The summed E-state index contributed by atoms with van der Waals surface area (Å²) in [6.45, 7) is 2.24. The maximum absolute atomic E-state index is 12.0. The minimum Gasteiger partial charge on any atom is -0.349 e. The highest BCUT2D eigenvalue weighted by atomic mass is 35.5. The molecule has 1 saturated heterocycles. The molecule has 1 aromatic heterocycles. The van der Waals surface area contributed by atoms with Crippen molar-refractivity contribution in [1.29, 1.82) is 0 Å². The number of hydrogen-bond acceptors (Lipinski definition) is 5. The Labute approximate surface area is 156 Å². The van der Waals surface area contributed by atoms with Crippen molar-refractivity contribution >= 4 is 29.1 Å². The number of rotatable bonds is 4. The maximum Gasteiger partial charge on any atom is 0.241 e. The second-order valence-corrected chi connectivity index (χ2v) is 7.26. The fourth-order valence-electron chi connectivity index (χ4n) is 2.99. The van der Waals surface area contributed by atoms with Gasteiger partial charge < -0.3 is 9.42 Å². The first-order chi connectivity index (χ1) is 11.9. The molecule has 3 rings (SSSR count). The molecule has 0 aliphatic carbocycles. The molecule has 0 bridgehead atoms. The molecule has 0 radical (unpaired) electrons. The Balaban J connectivity index is 1.60. The molecule has 0 spiro atoms. The van der Waals surface area contributed by atoms with Gasteiger partial charge in [-0.05, 0) is 44.1 Å². The highest BCUT2D eigenvalue weighted by Gasteiger charge is 2.27. The van der Waals surface area contributed by atoms with Crippen LogP contribution in [-0.2, 0) is 11.3 Å². The zero-order valence-corrected chi connectivity index (χ0v) is 15.7. The fourth-order valence-corrected chi connectivity index (χ4v) is 3.49. The predicted octanol–water partition coefficient (Wildman–Crippen LogP) is 3.34. The van der Waals surface area contributed by atoms with Gasteiger partial charge in [0.1, 0.15) is 0 Å². The first kappa shape index (κ1) is 18.2. The summed E-state index contributed by atoms with van der Waals surface area (Å²) < 4.78 is 5.35. The van der Waals surface area contributed by atoms with Crippen LogP contribution in [0.25, 0.3) is 11.4 Å². The van der Waals surface area contributed by atoms with E-state index in [2.05, 4.69) is 15.0 Å². The molecule has 1 aliphatic rings. The SMILES string of the molecule is CN(C)C(=O)C1CCN(Cc2nc(-c3ccc(Cl)cc3Cl)no2)CC1. The third-order valence-electron chi connectivity index (χ3n) is 4.38. The van der Waals surface area contributed by atoms with Crippen molar-refractivity contribution in [1.82, 2.24) is 19.9 Å². The van der Waals surface area contributed by atoms with Crippen molar-refractivity contribution < 1.29 is 9.32 Å². The van der Waals surface area contributed by atoms with Crippen molar-refractivity contribution in [3.05, 3.63) is 34.1 Å². The zero-order chi connectivity index (χ0) is 18.0. The maximum atomic E-state index is 12.0. The lowest BCUT2D eigenvalue weighted by Gasteiger charge is -2.31. The third kappa shape index (κ3) is 4.32. The van der Waals surface area contributed by atoms with Crippen LogP contribution in [0.3, 0.4) is 0 Å². The third-order valence-corrected chi connectivity index (χ3v) is 4.92. The van der Waals surface area contributed by atoms with E-state index in [-0.39, 0.29) is 11.8 Å². The average Bonchev–Trinajstić information content (AvgIpc) is 3.03. The molecule has 1 aromatic carbocycles. The number of carbonyl (C=O) groups excluding carboxylic acids is 1. The van der Waals surface area contributed by atoms with Crippen molar-refractivity contribution in [3.8, 4) is 11.4 Å². The summed E-state index contributed by atoms with van der Waals surface area (Å²) >= 11 is 12.1. The van der Waals surface area contributed by atoms with Gasteiger partial charge in [-0.15, -0.1) is 0 Å². The van der Waals surface area contributed by atoms with Gasteiger partial charge in [-0.25, -0.2) is 0 Å². The molecule has 2 heterocycles. The Morgan fingerprint density at radius 3 is 2.68 bits per heavy atom. The summed E-state index contributed by atoms with van der Waals surface area (Å²) in [4.78, 5) is 20.3. The summed E-state index contributed by atoms with van der Waals surface area (Å²) in [6, 6.07) is 5.17. The van der Waals surface area contributed by atoms with Gasteiger partial charge in [0.05, 0.1) is 11.6 Å². The number of aromatic nitrogens is 2. The molecule has 134 valence electrons. The van der Waals surface area contributed by atoms with Crippen LogP contribution in [0.4, 0.5) is 0 Å². The summed E-state index contributed by atoms with van der Waals surface area (Å²) in [7, 11) is 3.60. The smallest absolute Gasteiger partial charge is 0.241 e. The number of likely N-dealkylation sites (tertiary alicyclic amines) is 1. The largest absolute Gasteiger partial charge is 0.349 e. The first-order valence-electron chi connectivity index (χ1n) is 8.15. The lowest BCUT2D eigenvalue weighted by atomic mass is 9.95. The normalized spacial score (nSPS) is 16.2. The molecule has 0 unspecified atom stereocenters. The van der Waals surface area contributed by atoms with Crippen LogP contribution in [0.15, 0.2) is 22.7 Å². The van der Waals surface area contributed by atoms with Gasteiger partial charge in [0, 0.05) is 30.6 Å². The van der Waals surface area contributed by atoms with Crippen LogP contribution in [-0.4, -0.2) is 53.0 Å². The Morgan fingerprint density at radius 2 is 2.04 bits per heavy atom.